The second-order valence-corrected chi connectivity index (χ2v) is 11.5. The van der Waals surface area contributed by atoms with Gasteiger partial charge < -0.3 is 24.6 Å². The summed E-state index contributed by atoms with van der Waals surface area (Å²) in [6.07, 6.45) is 9.43. The number of carbonyl (C=O) groups excluding carboxylic acids is 1. The molecular weight excluding hydrogens is 554 g/mol. The minimum Gasteiger partial charge on any atom is -0.491 e. The lowest BCUT2D eigenvalue weighted by Crippen LogP contribution is -2.36. The highest BCUT2D eigenvalue weighted by Gasteiger charge is 2.27. The molecule has 2 aromatic heterocycles. The molecule has 228 valence electrons. The minimum atomic E-state index is -0.0683. The van der Waals surface area contributed by atoms with E-state index in [1.807, 2.05) is 48.4 Å². The first-order chi connectivity index (χ1) is 21.5. The minimum absolute atomic E-state index is 0.0683. The van der Waals surface area contributed by atoms with Crippen LogP contribution in [-0.2, 0) is 17.7 Å². The third-order valence-electron chi connectivity index (χ3n) is 8.15. The van der Waals surface area contributed by atoms with Crippen LogP contribution in [0.25, 0.3) is 11.1 Å². The molecule has 0 atom stereocenters. The van der Waals surface area contributed by atoms with Crippen molar-refractivity contribution in [2.24, 2.45) is 0 Å². The predicted molar refractivity (Wildman–Crippen MR) is 169 cm³/mol. The molecule has 1 saturated heterocycles. The topological polar surface area (TPSA) is 106 Å². The van der Waals surface area contributed by atoms with E-state index in [4.69, 9.17) is 14.5 Å². The van der Waals surface area contributed by atoms with Crippen LogP contribution in [0.1, 0.15) is 51.5 Å². The van der Waals surface area contributed by atoms with Crippen molar-refractivity contribution in [3.63, 3.8) is 0 Å². The third-order valence-corrected chi connectivity index (χ3v) is 8.15. The van der Waals surface area contributed by atoms with Crippen LogP contribution >= 0.6 is 0 Å². The molecule has 0 radical (unpaired) electrons. The van der Waals surface area contributed by atoms with Gasteiger partial charge in [-0.15, -0.1) is 0 Å². The lowest BCUT2D eigenvalue weighted by Gasteiger charge is -2.28. The molecule has 0 aliphatic carbocycles. The molecule has 10 heteroatoms. The van der Waals surface area contributed by atoms with Gasteiger partial charge in [-0.3, -0.25) is 4.79 Å². The lowest BCUT2D eigenvalue weighted by atomic mass is 9.91. The van der Waals surface area contributed by atoms with Crippen molar-refractivity contribution in [3.8, 4) is 16.9 Å². The van der Waals surface area contributed by atoms with Crippen molar-refractivity contribution in [1.82, 2.24) is 30.2 Å². The molecule has 44 heavy (non-hydrogen) atoms. The SMILES string of the molecule is CN(C)c1ncc(C(=O)N2CCOCCOc3ccc(-c4cncnc4)cc3Cc3cccc(c3)C2)c(C2CCNCC2)n1. The molecule has 1 N–H and O–H groups in total. The van der Waals surface area contributed by atoms with E-state index in [1.165, 1.54) is 6.33 Å². The summed E-state index contributed by atoms with van der Waals surface area (Å²) in [4.78, 5) is 35.8. The number of rotatable bonds is 4. The maximum atomic E-state index is 14.2. The van der Waals surface area contributed by atoms with Gasteiger partial charge in [-0.25, -0.2) is 19.9 Å². The van der Waals surface area contributed by atoms with Gasteiger partial charge in [0.15, 0.2) is 0 Å². The molecule has 0 unspecified atom stereocenters. The van der Waals surface area contributed by atoms with E-state index >= 15 is 0 Å². The molecule has 0 spiro atoms. The van der Waals surface area contributed by atoms with Crippen molar-refractivity contribution in [2.75, 3.05) is 58.5 Å². The molecule has 10 nitrogen and oxygen atoms in total. The zero-order valence-electron chi connectivity index (χ0n) is 25.4. The lowest BCUT2D eigenvalue weighted by molar-refractivity contribution is 0.0569. The van der Waals surface area contributed by atoms with Crippen LogP contribution in [0.2, 0.25) is 0 Å². The predicted octanol–water partition coefficient (Wildman–Crippen LogP) is 4.11. The number of benzene rings is 2. The van der Waals surface area contributed by atoms with Gasteiger partial charge in [-0.1, -0.05) is 30.3 Å². The number of hydrogen-bond donors (Lipinski definition) is 1. The highest BCUT2D eigenvalue weighted by atomic mass is 16.5. The van der Waals surface area contributed by atoms with Crippen LogP contribution in [0.5, 0.6) is 5.75 Å². The van der Waals surface area contributed by atoms with E-state index in [0.717, 1.165) is 65.2 Å². The van der Waals surface area contributed by atoms with Gasteiger partial charge in [0.25, 0.3) is 5.91 Å². The van der Waals surface area contributed by atoms with Gasteiger partial charge in [-0.2, -0.15) is 0 Å². The van der Waals surface area contributed by atoms with Crippen LogP contribution < -0.4 is 15.0 Å². The Hall–Kier alpha value is -4.41. The quantitative estimate of drug-likeness (QED) is 0.374. The number of carbonyl (C=O) groups is 1. The van der Waals surface area contributed by atoms with Crippen molar-refractivity contribution in [3.05, 3.63) is 95.3 Å². The van der Waals surface area contributed by atoms with Crippen LogP contribution in [0.15, 0.2) is 67.4 Å². The zero-order valence-corrected chi connectivity index (χ0v) is 25.4. The molecular formula is C34H39N7O3. The normalized spacial score (nSPS) is 16.4. The van der Waals surface area contributed by atoms with Gasteiger partial charge in [0, 0.05) is 63.7 Å². The Kier molecular flexibility index (Phi) is 9.38. The van der Waals surface area contributed by atoms with E-state index < -0.39 is 0 Å². The van der Waals surface area contributed by atoms with Crippen LogP contribution in [0, 0.1) is 0 Å². The van der Waals surface area contributed by atoms with Gasteiger partial charge in [-0.05, 0) is 60.3 Å². The molecule has 2 aliphatic heterocycles. The maximum Gasteiger partial charge on any atom is 0.257 e. The number of hydrogen-bond acceptors (Lipinski definition) is 9. The summed E-state index contributed by atoms with van der Waals surface area (Å²) < 4.78 is 12.2. The number of ether oxygens (including phenoxy) is 2. The monoisotopic (exact) mass is 593 g/mol. The van der Waals surface area contributed by atoms with Crippen molar-refractivity contribution in [2.45, 2.75) is 31.7 Å². The number of nitrogens with zero attached hydrogens (tertiary/aromatic N) is 6. The first-order valence-corrected chi connectivity index (χ1v) is 15.3. The summed E-state index contributed by atoms with van der Waals surface area (Å²) in [7, 11) is 3.85. The summed E-state index contributed by atoms with van der Waals surface area (Å²) in [5.74, 6) is 1.59. The van der Waals surface area contributed by atoms with E-state index in [2.05, 4.69) is 50.6 Å². The fourth-order valence-corrected chi connectivity index (χ4v) is 5.85. The molecule has 2 aliphatic rings. The van der Waals surface area contributed by atoms with Crippen LogP contribution in [-0.4, -0.2) is 84.3 Å². The number of amides is 1. The largest absolute Gasteiger partial charge is 0.491 e. The molecule has 1 amide bonds. The first kappa shape index (κ1) is 29.7. The number of nitrogens with one attached hydrogen (secondary N) is 1. The van der Waals surface area contributed by atoms with E-state index in [0.29, 0.717) is 50.8 Å². The summed E-state index contributed by atoms with van der Waals surface area (Å²) in [6.45, 7) is 3.96. The second kappa shape index (κ2) is 13.9. The molecule has 1 fully saturated rings. The van der Waals surface area contributed by atoms with Gasteiger partial charge in [0.2, 0.25) is 5.95 Å². The van der Waals surface area contributed by atoms with Crippen LogP contribution in [0.4, 0.5) is 5.95 Å². The maximum absolute atomic E-state index is 14.2. The van der Waals surface area contributed by atoms with Crippen molar-refractivity contribution >= 4 is 11.9 Å². The van der Waals surface area contributed by atoms with Gasteiger partial charge in [0.1, 0.15) is 18.7 Å². The zero-order chi connectivity index (χ0) is 30.3. The van der Waals surface area contributed by atoms with E-state index in [-0.39, 0.29) is 11.8 Å². The molecule has 4 aromatic rings. The van der Waals surface area contributed by atoms with Crippen molar-refractivity contribution in [1.29, 1.82) is 0 Å². The Balaban J connectivity index is 1.30. The second-order valence-electron chi connectivity index (χ2n) is 11.5. The number of fused-ring (bicyclic) bond motifs is 3. The summed E-state index contributed by atoms with van der Waals surface area (Å²) in [5, 5.41) is 3.42. The Bertz CT molecular complexity index is 1570. The van der Waals surface area contributed by atoms with E-state index in [9.17, 15) is 4.79 Å². The number of aromatic nitrogens is 4. The average molecular weight is 594 g/mol. The smallest absolute Gasteiger partial charge is 0.257 e. The highest BCUT2D eigenvalue weighted by Crippen LogP contribution is 2.30. The Morgan fingerprint density at radius 3 is 2.59 bits per heavy atom. The fraction of sp³-hybridized carbons (Fsp3) is 0.382. The molecule has 6 rings (SSSR count). The molecule has 2 aromatic carbocycles. The fourth-order valence-electron chi connectivity index (χ4n) is 5.85. The molecule has 0 saturated carbocycles. The summed E-state index contributed by atoms with van der Waals surface area (Å²) >= 11 is 0. The van der Waals surface area contributed by atoms with Gasteiger partial charge >= 0.3 is 0 Å². The van der Waals surface area contributed by atoms with Crippen LogP contribution in [0.3, 0.4) is 0 Å². The average Bonchev–Trinajstić information content (AvgIpc) is 3.06. The van der Waals surface area contributed by atoms with Gasteiger partial charge in [0.05, 0.1) is 24.5 Å². The Morgan fingerprint density at radius 2 is 1.77 bits per heavy atom. The number of piperidine rings is 1. The Morgan fingerprint density at radius 1 is 0.955 bits per heavy atom. The Labute approximate surface area is 258 Å². The standard InChI is InChI=1S/C34H39N7O3/c1-40(2)34-38-21-30(32(39-34)26-8-10-35-11-9-26)33(42)41-12-13-43-14-15-44-31-7-6-27(29-19-36-23-37-20-29)18-28(31)17-24-4-3-5-25(16-24)22-41/h3-7,16,18-21,23,26,35H,8-15,17,22H2,1-2H3. The first-order valence-electron chi connectivity index (χ1n) is 15.3. The van der Waals surface area contributed by atoms with E-state index in [1.54, 1.807) is 6.20 Å². The highest BCUT2D eigenvalue weighted by molar-refractivity contribution is 5.95. The molecule has 2 bridgehead atoms. The summed E-state index contributed by atoms with van der Waals surface area (Å²) in [5.41, 5.74) is 6.67. The molecule has 4 heterocycles. The van der Waals surface area contributed by atoms with Crippen molar-refractivity contribution < 1.29 is 14.3 Å². The third kappa shape index (κ3) is 7.03. The number of anilines is 1. The summed E-state index contributed by atoms with van der Waals surface area (Å²) in [6, 6.07) is 14.6.